The number of hydrogen-bond donors (Lipinski definition) is 2. The molecule has 1 aliphatic rings. The Kier molecular flexibility index (Phi) is 4.91. The molecule has 0 spiro atoms. The minimum Gasteiger partial charge on any atom is -0.394 e. The fourth-order valence-electron chi connectivity index (χ4n) is 2.58. The van der Waals surface area contributed by atoms with E-state index >= 15 is 0 Å². The van der Waals surface area contributed by atoms with Crippen molar-refractivity contribution in [2.24, 2.45) is 0 Å². The molecule has 5 nitrogen and oxygen atoms in total. The lowest BCUT2D eigenvalue weighted by Gasteiger charge is -2.39. The highest BCUT2D eigenvalue weighted by molar-refractivity contribution is 5.43. The normalized spacial score (nSPS) is 22.1. The number of nitrogens with zero attached hydrogens (tertiary/aromatic N) is 3. The third kappa shape index (κ3) is 3.45. The zero-order valence-corrected chi connectivity index (χ0v) is 12.0. The molecule has 1 saturated heterocycles. The molecule has 2 rings (SSSR count). The second kappa shape index (κ2) is 6.47. The number of hydrogen-bond acceptors (Lipinski definition) is 5. The standard InChI is InChI=1S/C14H22FN3O2/c1-10-8-17(2)3-4-18(10)14-13(15)6-11(7-16-14)5-12(20)9-19/h6-7,10,12,19-20H,3-5,8-9H2,1-2H3. The Morgan fingerprint density at radius 1 is 1.50 bits per heavy atom. The first kappa shape index (κ1) is 15.2. The predicted molar refractivity (Wildman–Crippen MR) is 75.3 cm³/mol. The fourth-order valence-corrected chi connectivity index (χ4v) is 2.58. The van der Waals surface area contributed by atoms with E-state index in [4.69, 9.17) is 5.11 Å². The molecule has 0 amide bonds. The Hall–Kier alpha value is -1.24. The molecule has 0 bridgehead atoms. The fraction of sp³-hybridized carbons (Fsp3) is 0.643. The van der Waals surface area contributed by atoms with Crippen LogP contribution in [0.15, 0.2) is 12.3 Å². The van der Waals surface area contributed by atoms with Gasteiger partial charge in [0, 0.05) is 38.3 Å². The van der Waals surface area contributed by atoms with E-state index in [0.29, 0.717) is 11.4 Å². The first-order valence-electron chi connectivity index (χ1n) is 6.89. The summed E-state index contributed by atoms with van der Waals surface area (Å²) >= 11 is 0. The van der Waals surface area contributed by atoms with E-state index in [-0.39, 0.29) is 24.9 Å². The van der Waals surface area contributed by atoms with Gasteiger partial charge in [0.1, 0.15) is 0 Å². The van der Waals surface area contributed by atoms with Crippen molar-refractivity contribution in [3.05, 3.63) is 23.6 Å². The summed E-state index contributed by atoms with van der Waals surface area (Å²) < 4.78 is 14.2. The first-order chi connectivity index (χ1) is 9.51. The van der Waals surface area contributed by atoms with Crippen molar-refractivity contribution in [1.29, 1.82) is 0 Å². The van der Waals surface area contributed by atoms with Crippen molar-refractivity contribution in [3.8, 4) is 0 Å². The van der Waals surface area contributed by atoms with Crippen molar-refractivity contribution in [2.75, 3.05) is 38.2 Å². The van der Waals surface area contributed by atoms with Crippen LogP contribution in [0.25, 0.3) is 0 Å². The SMILES string of the molecule is CC1CN(C)CCN1c1ncc(CC(O)CO)cc1F. The molecule has 2 N–H and O–H groups in total. The van der Waals surface area contributed by atoms with Gasteiger partial charge in [-0.25, -0.2) is 9.37 Å². The third-order valence-electron chi connectivity index (χ3n) is 3.66. The van der Waals surface area contributed by atoms with Crippen LogP contribution in [0.2, 0.25) is 0 Å². The van der Waals surface area contributed by atoms with Crippen molar-refractivity contribution in [1.82, 2.24) is 9.88 Å². The summed E-state index contributed by atoms with van der Waals surface area (Å²) in [5.41, 5.74) is 0.592. The number of aliphatic hydroxyl groups excluding tert-OH is 2. The second-order valence-electron chi connectivity index (χ2n) is 5.49. The van der Waals surface area contributed by atoms with Gasteiger partial charge >= 0.3 is 0 Å². The molecule has 6 heteroatoms. The monoisotopic (exact) mass is 283 g/mol. The molecular weight excluding hydrogens is 261 g/mol. The number of anilines is 1. The lowest BCUT2D eigenvalue weighted by molar-refractivity contribution is 0.0954. The third-order valence-corrected chi connectivity index (χ3v) is 3.66. The summed E-state index contributed by atoms with van der Waals surface area (Å²) in [7, 11) is 2.05. The molecule has 1 fully saturated rings. The van der Waals surface area contributed by atoms with Crippen molar-refractivity contribution in [3.63, 3.8) is 0 Å². The highest BCUT2D eigenvalue weighted by atomic mass is 19.1. The van der Waals surface area contributed by atoms with Crippen LogP contribution in [0.5, 0.6) is 0 Å². The smallest absolute Gasteiger partial charge is 0.165 e. The van der Waals surface area contributed by atoms with Gasteiger partial charge in [0.25, 0.3) is 0 Å². The van der Waals surface area contributed by atoms with Gasteiger partial charge in [-0.2, -0.15) is 0 Å². The highest BCUT2D eigenvalue weighted by Crippen LogP contribution is 2.22. The average molecular weight is 283 g/mol. The van der Waals surface area contributed by atoms with E-state index < -0.39 is 6.10 Å². The first-order valence-corrected chi connectivity index (χ1v) is 6.89. The number of piperazine rings is 1. The van der Waals surface area contributed by atoms with Crippen molar-refractivity contribution < 1.29 is 14.6 Å². The summed E-state index contributed by atoms with van der Waals surface area (Å²) in [6.07, 6.45) is 0.908. The number of pyridine rings is 1. The molecule has 0 radical (unpaired) electrons. The summed E-state index contributed by atoms with van der Waals surface area (Å²) in [6, 6.07) is 1.61. The van der Waals surface area contributed by atoms with Crippen LogP contribution in [0, 0.1) is 5.82 Å². The van der Waals surface area contributed by atoms with Gasteiger partial charge in [0.05, 0.1) is 12.7 Å². The molecule has 0 aliphatic carbocycles. The van der Waals surface area contributed by atoms with Crippen molar-refractivity contribution in [2.45, 2.75) is 25.5 Å². The van der Waals surface area contributed by atoms with Crippen LogP contribution in [-0.2, 0) is 6.42 Å². The molecule has 2 unspecified atom stereocenters. The van der Waals surface area contributed by atoms with E-state index in [2.05, 4.69) is 23.9 Å². The highest BCUT2D eigenvalue weighted by Gasteiger charge is 2.25. The molecule has 0 aromatic carbocycles. The van der Waals surface area contributed by atoms with E-state index in [1.165, 1.54) is 6.07 Å². The van der Waals surface area contributed by atoms with Crippen molar-refractivity contribution >= 4 is 5.82 Å². The Morgan fingerprint density at radius 2 is 2.25 bits per heavy atom. The minimum atomic E-state index is -0.871. The van der Waals surface area contributed by atoms with Crippen LogP contribution in [0.1, 0.15) is 12.5 Å². The molecule has 1 aromatic heterocycles. The molecule has 1 aliphatic heterocycles. The Labute approximate surface area is 118 Å². The number of aliphatic hydroxyl groups is 2. The van der Waals surface area contributed by atoms with Crippen LogP contribution in [-0.4, -0.2) is 65.5 Å². The molecule has 20 heavy (non-hydrogen) atoms. The van der Waals surface area contributed by atoms with Gasteiger partial charge < -0.3 is 20.0 Å². The van der Waals surface area contributed by atoms with E-state index in [0.717, 1.165) is 19.6 Å². The van der Waals surface area contributed by atoms with Crippen LogP contribution >= 0.6 is 0 Å². The van der Waals surface area contributed by atoms with Gasteiger partial charge in [0.15, 0.2) is 11.6 Å². The summed E-state index contributed by atoms with van der Waals surface area (Å²) in [5, 5.41) is 18.2. The Morgan fingerprint density at radius 3 is 2.85 bits per heavy atom. The van der Waals surface area contributed by atoms with Gasteiger partial charge in [0.2, 0.25) is 0 Å². The molecule has 112 valence electrons. The van der Waals surface area contributed by atoms with Gasteiger partial charge in [-0.1, -0.05) is 0 Å². The number of likely N-dealkylation sites (N-methyl/N-ethyl adjacent to an activating group) is 1. The van der Waals surface area contributed by atoms with E-state index in [1.54, 1.807) is 6.20 Å². The zero-order valence-electron chi connectivity index (χ0n) is 12.0. The molecule has 2 atom stereocenters. The number of rotatable bonds is 4. The molecule has 1 aromatic rings. The van der Waals surface area contributed by atoms with Gasteiger partial charge in [-0.15, -0.1) is 0 Å². The van der Waals surface area contributed by atoms with E-state index in [9.17, 15) is 9.50 Å². The summed E-state index contributed by atoms with van der Waals surface area (Å²) in [6.45, 7) is 4.24. The maximum atomic E-state index is 14.2. The number of halogens is 1. The summed E-state index contributed by atoms with van der Waals surface area (Å²) in [4.78, 5) is 8.39. The van der Waals surface area contributed by atoms with Crippen LogP contribution < -0.4 is 4.90 Å². The van der Waals surface area contributed by atoms with Gasteiger partial charge in [-0.3, -0.25) is 0 Å². The van der Waals surface area contributed by atoms with Crippen LogP contribution in [0.3, 0.4) is 0 Å². The molecular formula is C14H22FN3O2. The maximum Gasteiger partial charge on any atom is 0.165 e. The van der Waals surface area contributed by atoms with E-state index in [1.807, 2.05) is 4.90 Å². The van der Waals surface area contributed by atoms with Gasteiger partial charge in [-0.05, 0) is 25.6 Å². The van der Waals surface area contributed by atoms with Crippen LogP contribution in [0.4, 0.5) is 10.2 Å². The molecule has 0 saturated carbocycles. The molecule has 2 heterocycles. The Bertz CT molecular complexity index is 458. The lowest BCUT2D eigenvalue weighted by atomic mass is 10.1. The average Bonchev–Trinajstić information content (AvgIpc) is 2.40. The minimum absolute atomic E-state index is 0.207. The zero-order chi connectivity index (χ0) is 14.7. The topological polar surface area (TPSA) is 59.8 Å². The lowest BCUT2D eigenvalue weighted by Crippen LogP contribution is -2.51. The Balaban J connectivity index is 2.13. The number of aromatic nitrogens is 1. The predicted octanol–water partition coefficient (Wildman–Crippen LogP) is 0.257. The maximum absolute atomic E-state index is 14.2. The summed E-state index contributed by atoms with van der Waals surface area (Å²) in [5.74, 6) is -0.00289. The quantitative estimate of drug-likeness (QED) is 0.830. The largest absolute Gasteiger partial charge is 0.394 e. The second-order valence-corrected chi connectivity index (χ2v) is 5.49.